The monoisotopic (exact) mass is 278 g/mol. The van der Waals surface area contributed by atoms with Crippen molar-refractivity contribution in [2.75, 3.05) is 24.5 Å². The van der Waals surface area contributed by atoms with Gasteiger partial charge in [-0.3, -0.25) is 4.79 Å². The number of halogens is 3. The number of nitrogens with zero attached hydrogens (tertiary/aromatic N) is 3. The minimum Gasteiger partial charge on any atom is -0.371 e. The van der Waals surface area contributed by atoms with E-state index in [1.165, 1.54) is 6.20 Å². The summed E-state index contributed by atoms with van der Waals surface area (Å²) < 4.78 is 38.4. The Kier molecular flexibility index (Phi) is 4.93. The number of hydrogen-bond donors (Lipinski definition) is 1. The summed E-state index contributed by atoms with van der Waals surface area (Å²) in [6.45, 7) is 4.32. The molecule has 0 saturated carbocycles. The fraction of sp³-hybridized carbons (Fsp3) is 0.636. The van der Waals surface area contributed by atoms with Gasteiger partial charge in [-0.25, -0.2) is 4.68 Å². The Morgan fingerprint density at radius 2 is 2.00 bits per heavy atom. The van der Waals surface area contributed by atoms with Crippen LogP contribution in [0, 0.1) is 0 Å². The maximum Gasteiger partial charge on any atom is 0.412 e. The number of aromatic nitrogens is 2. The highest BCUT2D eigenvalue weighted by Crippen LogP contribution is 2.28. The molecule has 2 N–H and O–H groups in total. The van der Waals surface area contributed by atoms with E-state index in [1.807, 2.05) is 18.7 Å². The lowest BCUT2D eigenvalue weighted by atomic mass is 10.3. The van der Waals surface area contributed by atoms with E-state index >= 15 is 0 Å². The molecule has 1 rings (SSSR count). The van der Waals surface area contributed by atoms with Gasteiger partial charge in [0.15, 0.2) is 6.04 Å². The largest absolute Gasteiger partial charge is 0.412 e. The van der Waals surface area contributed by atoms with Gasteiger partial charge in [0.2, 0.25) is 0 Å². The number of alkyl halides is 3. The Morgan fingerprint density at radius 1 is 1.42 bits per heavy atom. The first kappa shape index (κ1) is 15.5. The molecule has 0 fully saturated rings. The van der Waals surface area contributed by atoms with Gasteiger partial charge in [0, 0.05) is 25.7 Å². The van der Waals surface area contributed by atoms with Crippen LogP contribution in [0.5, 0.6) is 0 Å². The number of rotatable bonds is 5. The average Bonchev–Trinajstić information content (AvgIpc) is 2.32. The Labute approximate surface area is 108 Å². The van der Waals surface area contributed by atoms with Crippen LogP contribution in [0.1, 0.15) is 19.9 Å². The number of anilines is 1. The Morgan fingerprint density at radius 3 is 2.37 bits per heavy atom. The zero-order valence-electron chi connectivity index (χ0n) is 10.8. The predicted molar refractivity (Wildman–Crippen MR) is 66.2 cm³/mol. The molecule has 0 spiro atoms. The summed E-state index contributed by atoms with van der Waals surface area (Å²) in [5.41, 5.74) is 4.78. The van der Waals surface area contributed by atoms with E-state index < -0.39 is 24.3 Å². The molecule has 0 saturated heterocycles. The first-order valence-corrected chi connectivity index (χ1v) is 5.95. The maximum atomic E-state index is 12.7. The van der Waals surface area contributed by atoms with Crippen LogP contribution in [0.15, 0.2) is 17.1 Å². The summed E-state index contributed by atoms with van der Waals surface area (Å²) >= 11 is 0. The maximum absolute atomic E-state index is 12.7. The van der Waals surface area contributed by atoms with Crippen LogP contribution in [0.2, 0.25) is 0 Å². The minimum absolute atomic E-state index is 0.382. The van der Waals surface area contributed by atoms with Gasteiger partial charge in [-0.15, -0.1) is 0 Å². The van der Waals surface area contributed by atoms with Gasteiger partial charge in [-0.1, -0.05) is 0 Å². The molecule has 0 aliphatic heterocycles. The third kappa shape index (κ3) is 3.46. The lowest BCUT2D eigenvalue weighted by Crippen LogP contribution is -2.40. The van der Waals surface area contributed by atoms with Crippen molar-refractivity contribution in [3.63, 3.8) is 0 Å². The molecule has 0 amide bonds. The van der Waals surface area contributed by atoms with E-state index in [1.54, 1.807) is 0 Å². The van der Waals surface area contributed by atoms with Crippen molar-refractivity contribution in [1.29, 1.82) is 0 Å². The molecule has 1 aromatic rings. The van der Waals surface area contributed by atoms with Crippen molar-refractivity contribution < 1.29 is 13.2 Å². The lowest BCUT2D eigenvalue weighted by Gasteiger charge is -2.23. The van der Waals surface area contributed by atoms with Crippen molar-refractivity contribution in [2.24, 2.45) is 5.73 Å². The van der Waals surface area contributed by atoms with Gasteiger partial charge < -0.3 is 10.6 Å². The molecule has 108 valence electrons. The van der Waals surface area contributed by atoms with Crippen LogP contribution in [0.3, 0.4) is 0 Å². The molecule has 0 bridgehead atoms. The summed E-state index contributed by atoms with van der Waals surface area (Å²) in [5, 5.41) is 3.60. The second-order valence-electron chi connectivity index (χ2n) is 3.96. The van der Waals surface area contributed by atoms with Crippen LogP contribution < -0.4 is 16.2 Å². The molecule has 1 atom stereocenters. The summed E-state index contributed by atoms with van der Waals surface area (Å²) in [6, 6.07) is -0.945. The van der Waals surface area contributed by atoms with Crippen LogP contribution in [0.25, 0.3) is 0 Å². The summed E-state index contributed by atoms with van der Waals surface area (Å²) in [7, 11) is 0. The van der Waals surface area contributed by atoms with Gasteiger partial charge >= 0.3 is 6.18 Å². The third-order valence-corrected chi connectivity index (χ3v) is 2.84. The van der Waals surface area contributed by atoms with E-state index in [4.69, 9.17) is 5.73 Å². The highest BCUT2D eigenvalue weighted by Gasteiger charge is 2.41. The van der Waals surface area contributed by atoms with Gasteiger partial charge in [-0.2, -0.15) is 18.3 Å². The highest BCUT2D eigenvalue weighted by molar-refractivity contribution is 5.42. The van der Waals surface area contributed by atoms with Gasteiger partial charge in [0.25, 0.3) is 5.56 Å². The normalized spacial score (nSPS) is 13.4. The summed E-state index contributed by atoms with van der Waals surface area (Å²) in [6.07, 6.45) is -3.34. The van der Waals surface area contributed by atoms with Crippen molar-refractivity contribution >= 4 is 5.69 Å². The van der Waals surface area contributed by atoms with Gasteiger partial charge in [0.1, 0.15) is 0 Å². The van der Waals surface area contributed by atoms with Crippen LogP contribution >= 0.6 is 0 Å². The fourth-order valence-corrected chi connectivity index (χ4v) is 1.78. The quantitative estimate of drug-likeness (QED) is 0.877. The van der Waals surface area contributed by atoms with E-state index in [-0.39, 0.29) is 0 Å². The molecule has 0 radical (unpaired) electrons. The molecule has 1 heterocycles. The van der Waals surface area contributed by atoms with Crippen LogP contribution in [0.4, 0.5) is 18.9 Å². The Bertz CT molecular complexity index is 468. The van der Waals surface area contributed by atoms with E-state index in [0.29, 0.717) is 23.5 Å². The molecule has 0 aliphatic rings. The molecule has 0 aromatic carbocycles. The standard InChI is InChI=1S/C11H17F3N4O/c1-3-17(4-2)8-5-10(19)18(16-7-8)9(6-15)11(12,13)14/h5,7,9H,3-4,6,15H2,1-2H3. The van der Waals surface area contributed by atoms with Crippen molar-refractivity contribution in [3.8, 4) is 0 Å². The SMILES string of the molecule is CCN(CC)c1cnn(C(CN)C(F)(F)F)c(=O)c1. The van der Waals surface area contributed by atoms with Gasteiger partial charge in [0.05, 0.1) is 11.9 Å². The van der Waals surface area contributed by atoms with Crippen LogP contribution in [-0.2, 0) is 0 Å². The second kappa shape index (κ2) is 6.05. The smallest absolute Gasteiger partial charge is 0.371 e. The molecule has 5 nitrogen and oxygen atoms in total. The number of nitrogens with two attached hydrogens (primary N) is 1. The minimum atomic E-state index is -4.59. The van der Waals surface area contributed by atoms with Crippen molar-refractivity contribution in [1.82, 2.24) is 9.78 Å². The zero-order valence-corrected chi connectivity index (χ0v) is 10.8. The third-order valence-electron chi connectivity index (χ3n) is 2.84. The highest BCUT2D eigenvalue weighted by atomic mass is 19.4. The molecule has 1 aromatic heterocycles. The second-order valence-corrected chi connectivity index (χ2v) is 3.96. The average molecular weight is 278 g/mol. The predicted octanol–water partition coefficient (Wildman–Crippen LogP) is 1.15. The van der Waals surface area contributed by atoms with Crippen LogP contribution in [-0.4, -0.2) is 35.6 Å². The molecule has 1 unspecified atom stereocenters. The van der Waals surface area contributed by atoms with Crippen molar-refractivity contribution in [2.45, 2.75) is 26.1 Å². The molecular weight excluding hydrogens is 261 g/mol. The number of hydrogen-bond acceptors (Lipinski definition) is 4. The Balaban J connectivity index is 3.17. The summed E-state index contributed by atoms with van der Waals surface area (Å²) in [4.78, 5) is 13.6. The molecule has 19 heavy (non-hydrogen) atoms. The fourth-order valence-electron chi connectivity index (χ4n) is 1.78. The summed E-state index contributed by atoms with van der Waals surface area (Å²) in [5.74, 6) is 0. The molecule has 8 heteroatoms. The van der Waals surface area contributed by atoms with E-state index in [9.17, 15) is 18.0 Å². The van der Waals surface area contributed by atoms with Gasteiger partial charge in [-0.05, 0) is 13.8 Å². The van der Waals surface area contributed by atoms with E-state index in [2.05, 4.69) is 5.10 Å². The zero-order chi connectivity index (χ0) is 14.6. The Hall–Kier alpha value is -1.57. The van der Waals surface area contributed by atoms with Crippen molar-refractivity contribution in [3.05, 3.63) is 22.6 Å². The lowest BCUT2D eigenvalue weighted by molar-refractivity contribution is -0.168. The molecular formula is C11H17F3N4O. The first-order chi connectivity index (χ1) is 8.85. The topological polar surface area (TPSA) is 64.2 Å². The first-order valence-electron chi connectivity index (χ1n) is 5.95. The van der Waals surface area contributed by atoms with E-state index in [0.717, 1.165) is 6.07 Å². The molecule has 0 aliphatic carbocycles.